The van der Waals surface area contributed by atoms with E-state index in [1.165, 1.54) is 159 Å². The Morgan fingerprint density at radius 3 is 1.00 bits per heavy atom. The van der Waals surface area contributed by atoms with Crippen molar-refractivity contribution in [2.24, 2.45) is 5.73 Å². The fourth-order valence-corrected chi connectivity index (χ4v) is 6.08. The van der Waals surface area contributed by atoms with Gasteiger partial charge in [0, 0.05) is 19.6 Å². The summed E-state index contributed by atoms with van der Waals surface area (Å²) in [5.74, 6) is 0. The van der Waals surface area contributed by atoms with Crippen LogP contribution in [0.25, 0.3) is 0 Å². The molecule has 6 nitrogen and oxygen atoms in total. The van der Waals surface area contributed by atoms with Crippen molar-refractivity contribution in [2.75, 3.05) is 19.6 Å². The fourth-order valence-electron chi connectivity index (χ4n) is 6.08. The molecule has 0 saturated heterocycles. The summed E-state index contributed by atoms with van der Waals surface area (Å²) >= 11 is 0. The van der Waals surface area contributed by atoms with E-state index in [-0.39, 0.29) is 6.03 Å². The summed E-state index contributed by atoms with van der Waals surface area (Å²) in [7, 11) is 0. The third-order valence-electron chi connectivity index (χ3n) is 9.03. The molecule has 0 aliphatic rings. The third-order valence-corrected chi connectivity index (χ3v) is 9.03. The largest absolute Gasteiger partial charge is 0.350 e. The van der Waals surface area contributed by atoms with Gasteiger partial charge in [-0.1, -0.05) is 194 Å². The molecule has 0 bridgehead atoms. The number of nitrogens with one attached hydrogen (secondary N) is 1. The third kappa shape index (κ3) is 28.0. The number of hydrogen-bond donors (Lipinski definition) is 2. The van der Waals surface area contributed by atoms with E-state index in [0.717, 1.165) is 38.5 Å². The lowest BCUT2D eigenvalue weighted by molar-refractivity contribution is 0.0472. The summed E-state index contributed by atoms with van der Waals surface area (Å²) in [6.07, 6.45) is 37.6. The number of hydrazine groups is 1. The number of amides is 4. The van der Waals surface area contributed by atoms with E-state index in [0.29, 0.717) is 19.6 Å². The summed E-state index contributed by atoms with van der Waals surface area (Å²) in [6, 6.07) is -0.676. The zero-order chi connectivity index (χ0) is 32.4. The molecule has 0 aromatic heterocycles. The first-order chi connectivity index (χ1) is 21.6. The molecule has 0 aliphatic carbocycles. The van der Waals surface area contributed by atoms with Crippen LogP contribution in [-0.2, 0) is 0 Å². The molecular formula is C38H78N4O2. The van der Waals surface area contributed by atoms with Crippen molar-refractivity contribution < 1.29 is 9.59 Å². The Hall–Kier alpha value is -1.46. The zero-order valence-electron chi connectivity index (χ0n) is 30.1. The monoisotopic (exact) mass is 623 g/mol. The zero-order valence-corrected chi connectivity index (χ0v) is 30.1. The van der Waals surface area contributed by atoms with Crippen molar-refractivity contribution >= 4 is 12.1 Å². The molecule has 6 heteroatoms. The number of carbonyl (C=O) groups excluding carboxylic acids is 2. The normalized spacial score (nSPS) is 11.2. The summed E-state index contributed by atoms with van der Waals surface area (Å²) < 4.78 is 0. The predicted octanol–water partition coefficient (Wildman–Crippen LogP) is 12.1. The van der Waals surface area contributed by atoms with Gasteiger partial charge in [-0.05, 0) is 19.3 Å². The van der Waals surface area contributed by atoms with E-state index in [9.17, 15) is 9.59 Å². The molecule has 0 aromatic rings. The first-order valence-electron chi connectivity index (χ1n) is 19.7. The number of rotatable bonds is 33. The van der Waals surface area contributed by atoms with Crippen molar-refractivity contribution in [2.45, 2.75) is 213 Å². The van der Waals surface area contributed by atoms with Crippen molar-refractivity contribution in [1.29, 1.82) is 0 Å². The minimum Gasteiger partial charge on any atom is -0.350 e. The Morgan fingerprint density at radius 1 is 0.409 bits per heavy atom. The van der Waals surface area contributed by atoms with Crippen LogP contribution in [0, 0.1) is 0 Å². The van der Waals surface area contributed by atoms with Crippen LogP contribution >= 0.6 is 0 Å². The quantitative estimate of drug-likeness (QED) is 0.0564. The van der Waals surface area contributed by atoms with Gasteiger partial charge in [0.25, 0.3) is 0 Å². The second kappa shape index (κ2) is 34.4. The number of carbonyl (C=O) groups is 2. The van der Waals surface area contributed by atoms with Crippen LogP contribution in [-0.4, -0.2) is 41.7 Å². The molecule has 0 unspecified atom stereocenters. The van der Waals surface area contributed by atoms with Gasteiger partial charge in [-0.25, -0.2) is 19.6 Å². The lowest BCUT2D eigenvalue weighted by atomic mass is 10.1. The summed E-state index contributed by atoms with van der Waals surface area (Å²) in [5, 5.41) is 6.25. The molecule has 0 aromatic carbocycles. The second-order valence-corrected chi connectivity index (χ2v) is 13.4. The molecule has 0 radical (unpaired) electrons. The van der Waals surface area contributed by atoms with Crippen molar-refractivity contribution in [3.63, 3.8) is 0 Å². The standard InChI is InChI=1S/C38H78N4O2/c1-4-7-10-13-16-19-22-25-28-31-34-40-38(44)42(36-33-30-27-24-21-18-15-12-9-6-3)41(37(39)43)35-32-29-26-23-20-17-14-11-8-5-2/h4-36H2,1-3H3,(H2,39,43)(H,40,44). The second-order valence-electron chi connectivity index (χ2n) is 13.4. The van der Waals surface area contributed by atoms with Crippen molar-refractivity contribution in [1.82, 2.24) is 15.3 Å². The maximum Gasteiger partial charge on any atom is 0.336 e. The lowest BCUT2D eigenvalue weighted by Gasteiger charge is -2.34. The van der Waals surface area contributed by atoms with E-state index >= 15 is 0 Å². The average molecular weight is 623 g/mol. The van der Waals surface area contributed by atoms with Crippen LogP contribution in [0.1, 0.15) is 213 Å². The van der Waals surface area contributed by atoms with Gasteiger partial charge in [-0.15, -0.1) is 0 Å². The van der Waals surface area contributed by atoms with Gasteiger partial charge in [0.05, 0.1) is 0 Å². The van der Waals surface area contributed by atoms with Crippen LogP contribution in [0.15, 0.2) is 0 Å². The summed E-state index contributed by atoms with van der Waals surface area (Å²) in [6.45, 7) is 8.53. The topological polar surface area (TPSA) is 78.7 Å². The Bertz CT molecular complexity index is 616. The Morgan fingerprint density at radius 2 is 0.682 bits per heavy atom. The maximum atomic E-state index is 13.3. The van der Waals surface area contributed by atoms with Gasteiger partial charge in [-0.3, -0.25) is 0 Å². The Balaban J connectivity index is 4.52. The minimum absolute atomic E-state index is 0.164. The molecule has 44 heavy (non-hydrogen) atoms. The Kier molecular flexibility index (Phi) is 33.3. The predicted molar refractivity (Wildman–Crippen MR) is 192 cm³/mol. The first kappa shape index (κ1) is 42.5. The molecule has 262 valence electrons. The van der Waals surface area contributed by atoms with Crippen LogP contribution in [0.2, 0.25) is 0 Å². The fraction of sp³-hybridized carbons (Fsp3) is 0.947. The summed E-state index contributed by atoms with van der Waals surface area (Å²) in [4.78, 5) is 25.8. The molecule has 0 rings (SSSR count). The highest BCUT2D eigenvalue weighted by atomic mass is 16.2. The maximum absolute atomic E-state index is 13.3. The number of nitrogens with zero attached hydrogens (tertiary/aromatic N) is 2. The molecule has 0 heterocycles. The van der Waals surface area contributed by atoms with Gasteiger partial charge in [0.1, 0.15) is 0 Å². The van der Waals surface area contributed by atoms with Crippen molar-refractivity contribution in [3.8, 4) is 0 Å². The van der Waals surface area contributed by atoms with Gasteiger partial charge in [-0.2, -0.15) is 0 Å². The van der Waals surface area contributed by atoms with E-state index in [1.807, 2.05) is 0 Å². The van der Waals surface area contributed by atoms with E-state index < -0.39 is 6.03 Å². The molecule has 4 amide bonds. The Labute approximate surface area is 275 Å². The minimum atomic E-state index is -0.512. The first-order valence-corrected chi connectivity index (χ1v) is 19.7. The SMILES string of the molecule is CCCCCCCCCCCCNC(=O)N(CCCCCCCCCCCC)N(CCCCCCCCCCCC)C(N)=O. The highest BCUT2D eigenvalue weighted by molar-refractivity contribution is 5.79. The molecule has 0 fully saturated rings. The molecule has 0 spiro atoms. The van der Waals surface area contributed by atoms with Gasteiger partial charge >= 0.3 is 12.1 Å². The van der Waals surface area contributed by atoms with Gasteiger partial charge in [0.15, 0.2) is 0 Å². The molecule has 0 aliphatic heterocycles. The molecule has 3 N–H and O–H groups in total. The highest BCUT2D eigenvalue weighted by Gasteiger charge is 2.23. The van der Waals surface area contributed by atoms with Crippen LogP contribution in [0.3, 0.4) is 0 Å². The van der Waals surface area contributed by atoms with Crippen LogP contribution in [0.4, 0.5) is 9.59 Å². The molecule has 0 saturated carbocycles. The molecule has 0 atom stereocenters. The van der Waals surface area contributed by atoms with E-state index in [4.69, 9.17) is 5.73 Å². The van der Waals surface area contributed by atoms with Gasteiger partial charge < -0.3 is 11.1 Å². The summed E-state index contributed by atoms with van der Waals surface area (Å²) in [5.41, 5.74) is 5.84. The van der Waals surface area contributed by atoms with E-state index in [1.54, 1.807) is 5.01 Å². The van der Waals surface area contributed by atoms with Gasteiger partial charge in [0.2, 0.25) is 0 Å². The van der Waals surface area contributed by atoms with Crippen molar-refractivity contribution in [3.05, 3.63) is 0 Å². The van der Waals surface area contributed by atoms with Crippen LogP contribution < -0.4 is 11.1 Å². The number of primary amides is 1. The number of unbranched alkanes of at least 4 members (excludes halogenated alkanes) is 27. The van der Waals surface area contributed by atoms with Crippen LogP contribution in [0.5, 0.6) is 0 Å². The average Bonchev–Trinajstić information content (AvgIpc) is 3.01. The van der Waals surface area contributed by atoms with E-state index in [2.05, 4.69) is 26.1 Å². The highest BCUT2D eigenvalue weighted by Crippen LogP contribution is 2.14. The smallest absolute Gasteiger partial charge is 0.336 e. The number of urea groups is 2. The lowest BCUT2D eigenvalue weighted by Crippen LogP contribution is -2.55. The number of nitrogens with two attached hydrogens (primary N) is 1. The molecular weight excluding hydrogens is 544 g/mol. The number of hydrogen-bond acceptors (Lipinski definition) is 2.